The molecular weight excluding hydrogens is 346 g/mol. The van der Waals surface area contributed by atoms with Crippen LogP contribution in [0.2, 0.25) is 0 Å². The van der Waals surface area contributed by atoms with Gasteiger partial charge in [0.25, 0.3) is 0 Å². The Morgan fingerprint density at radius 2 is 1.07 bits per heavy atom. The van der Waals surface area contributed by atoms with E-state index in [0.29, 0.717) is 17.1 Å². The highest BCUT2D eigenvalue weighted by atomic mass is 16.1. The quantitative estimate of drug-likeness (QED) is 0.601. The van der Waals surface area contributed by atoms with Crippen LogP contribution in [0.15, 0.2) is 120 Å². The van der Waals surface area contributed by atoms with Crippen LogP contribution in [0.1, 0.15) is 0 Å². The van der Waals surface area contributed by atoms with Crippen molar-refractivity contribution in [1.82, 2.24) is 0 Å². The van der Waals surface area contributed by atoms with Gasteiger partial charge in [-0.1, -0.05) is 54.6 Å². The predicted molar refractivity (Wildman–Crippen MR) is 115 cm³/mol. The Morgan fingerprint density at radius 1 is 0.571 bits per heavy atom. The number of carbonyl (C=O) groups is 1. The highest BCUT2D eigenvalue weighted by molar-refractivity contribution is 6.24. The number of nitrogens with one attached hydrogen (secondary N) is 2. The molecule has 0 saturated carbocycles. The van der Waals surface area contributed by atoms with E-state index in [1.807, 2.05) is 91.0 Å². The molecule has 136 valence electrons. The van der Waals surface area contributed by atoms with Crippen LogP contribution in [0.4, 0.5) is 17.1 Å². The maximum atomic E-state index is 12.7. The van der Waals surface area contributed by atoms with Gasteiger partial charge in [-0.05, 0) is 48.6 Å². The van der Waals surface area contributed by atoms with Gasteiger partial charge in [0.15, 0.2) is 0 Å². The summed E-state index contributed by atoms with van der Waals surface area (Å²) in [4.78, 5) is 17.4. The zero-order chi connectivity index (χ0) is 19.2. The smallest absolute Gasteiger partial charge is 0.204 e. The normalized spacial score (nSPS) is 15.0. The molecule has 0 radical (unpaired) electrons. The molecule has 3 aromatic carbocycles. The third-order valence-corrected chi connectivity index (χ3v) is 4.24. The van der Waals surface area contributed by atoms with Crippen molar-refractivity contribution in [2.24, 2.45) is 4.99 Å². The van der Waals surface area contributed by atoms with Crippen molar-refractivity contribution in [2.45, 2.75) is 0 Å². The highest BCUT2D eigenvalue weighted by Gasteiger charge is 2.22. The van der Waals surface area contributed by atoms with Gasteiger partial charge in [-0.25, -0.2) is 4.99 Å². The van der Waals surface area contributed by atoms with Gasteiger partial charge in [-0.15, -0.1) is 0 Å². The Hall–Kier alpha value is -3.92. The number of aliphatic imine (C=N–C) groups is 1. The van der Waals surface area contributed by atoms with Gasteiger partial charge >= 0.3 is 0 Å². The number of ketones is 1. The molecule has 0 aliphatic heterocycles. The summed E-state index contributed by atoms with van der Waals surface area (Å²) < 4.78 is 0. The number of rotatable bonds is 5. The van der Waals surface area contributed by atoms with Crippen LogP contribution in [0.5, 0.6) is 0 Å². The van der Waals surface area contributed by atoms with Crippen molar-refractivity contribution in [2.75, 3.05) is 10.6 Å². The van der Waals surface area contributed by atoms with Gasteiger partial charge in [0.1, 0.15) is 5.70 Å². The van der Waals surface area contributed by atoms with Crippen LogP contribution < -0.4 is 10.6 Å². The molecule has 2 N–H and O–H groups in total. The molecule has 0 fully saturated rings. The SMILES string of the molecule is O=C1C=C/C(=N/c2ccccc2)C(Nc2ccccc2)=C1Nc1ccccc1. The lowest BCUT2D eigenvalue weighted by Gasteiger charge is -2.20. The Kier molecular flexibility index (Phi) is 5.11. The summed E-state index contributed by atoms with van der Waals surface area (Å²) in [5.41, 5.74) is 4.34. The summed E-state index contributed by atoms with van der Waals surface area (Å²) in [6, 6.07) is 29.1. The van der Waals surface area contributed by atoms with Crippen molar-refractivity contribution in [3.8, 4) is 0 Å². The summed E-state index contributed by atoms with van der Waals surface area (Å²) in [5, 5.41) is 6.62. The van der Waals surface area contributed by atoms with Gasteiger partial charge in [0, 0.05) is 11.4 Å². The standard InChI is InChI=1S/C24H19N3O/c28-22-17-16-21(25-18-10-4-1-5-11-18)23(26-19-12-6-2-7-13-19)24(22)27-20-14-8-3-9-15-20/h1-17,26-27H/b25-21-. The van der Waals surface area contributed by atoms with E-state index in [0.717, 1.165) is 17.1 Å². The van der Waals surface area contributed by atoms with Gasteiger partial charge in [0.2, 0.25) is 5.78 Å². The number of hydrogen-bond donors (Lipinski definition) is 2. The minimum Gasteiger partial charge on any atom is -0.352 e. The first-order valence-electron chi connectivity index (χ1n) is 9.04. The van der Waals surface area contributed by atoms with E-state index in [2.05, 4.69) is 10.6 Å². The van der Waals surface area contributed by atoms with Crippen molar-refractivity contribution < 1.29 is 4.79 Å². The predicted octanol–water partition coefficient (Wildman–Crippen LogP) is 5.33. The van der Waals surface area contributed by atoms with Crippen molar-refractivity contribution in [3.05, 3.63) is 115 Å². The van der Waals surface area contributed by atoms with Crippen molar-refractivity contribution >= 4 is 28.6 Å². The summed E-state index contributed by atoms with van der Waals surface area (Å²) >= 11 is 0. The number of benzene rings is 3. The van der Waals surface area contributed by atoms with Crippen LogP contribution >= 0.6 is 0 Å². The Balaban J connectivity index is 1.79. The lowest BCUT2D eigenvalue weighted by Crippen LogP contribution is -2.24. The Morgan fingerprint density at radius 3 is 1.64 bits per heavy atom. The molecule has 4 heteroatoms. The molecule has 0 bridgehead atoms. The molecule has 28 heavy (non-hydrogen) atoms. The zero-order valence-electron chi connectivity index (χ0n) is 15.2. The van der Waals surface area contributed by atoms with Crippen LogP contribution in [0.3, 0.4) is 0 Å². The molecule has 1 aliphatic rings. The van der Waals surface area contributed by atoms with Crippen molar-refractivity contribution in [3.63, 3.8) is 0 Å². The Bertz CT molecular complexity index is 1050. The fourth-order valence-electron chi connectivity index (χ4n) is 2.89. The van der Waals surface area contributed by atoms with Gasteiger partial charge in [-0.3, -0.25) is 4.79 Å². The second-order valence-electron chi connectivity index (χ2n) is 6.26. The largest absolute Gasteiger partial charge is 0.352 e. The number of nitrogens with zero attached hydrogens (tertiary/aromatic N) is 1. The summed E-state index contributed by atoms with van der Waals surface area (Å²) in [6.07, 6.45) is 3.29. The van der Waals surface area contributed by atoms with Crippen molar-refractivity contribution in [1.29, 1.82) is 0 Å². The molecule has 0 unspecified atom stereocenters. The monoisotopic (exact) mass is 365 g/mol. The van der Waals surface area contributed by atoms with E-state index >= 15 is 0 Å². The molecule has 4 rings (SSSR count). The molecule has 3 aromatic rings. The van der Waals surface area contributed by atoms with Gasteiger partial charge in [0.05, 0.1) is 17.1 Å². The van der Waals surface area contributed by atoms with Crippen LogP contribution in [0, 0.1) is 0 Å². The Labute approximate surface area is 164 Å². The maximum Gasteiger partial charge on any atom is 0.204 e. The summed E-state index contributed by atoms with van der Waals surface area (Å²) in [6.45, 7) is 0. The number of hydrogen-bond acceptors (Lipinski definition) is 4. The number of allylic oxidation sites excluding steroid dienone is 2. The van der Waals surface area contributed by atoms with Gasteiger partial charge < -0.3 is 10.6 Å². The molecule has 0 amide bonds. The van der Waals surface area contributed by atoms with E-state index in [1.54, 1.807) is 12.2 Å². The molecule has 0 aromatic heterocycles. The third-order valence-electron chi connectivity index (χ3n) is 4.24. The molecule has 1 aliphatic carbocycles. The van der Waals surface area contributed by atoms with E-state index in [9.17, 15) is 4.79 Å². The summed E-state index contributed by atoms with van der Waals surface area (Å²) in [5.74, 6) is -0.103. The number of carbonyl (C=O) groups excluding carboxylic acids is 1. The molecular formula is C24H19N3O. The second-order valence-corrected chi connectivity index (χ2v) is 6.26. The molecule has 0 saturated heterocycles. The average molecular weight is 365 g/mol. The van der Waals surface area contributed by atoms with Crippen LogP contribution in [0.25, 0.3) is 0 Å². The fraction of sp³-hybridized carbons (Fsp3) is 0. The molecule has 0 heterocycles. The van der Waals surface area contributed by atoms with E-state index < -0.39 is 0 Å². The lowest BCUT2D eigenvalue weighted by molar-refractivity contribution is -0.111. The first kappa shape index (κ1) is 17.5. The zero-order valence-corrected chi connectivity index (χ0v) is 15.2. The van der Waals surface area contributed by atoms with Crippen LogP contribution in [-0.4, -0.2) is 11.5 Å². The highest BCUT2D eigenvalue weighted by Crippen LogP contribution is 2.23. The second kappa shape index (κ2) is 8.18. The number of para-hydroxylation sites is 3. The first-order valence-corrected chi connectivity index (χ1v) is 9.04. The minimum absolute atomic E-state index is 0.103. The molecule has 0 atom stereocenters. The first-order chi connectivity index (χ1) is 13.8. The maximum absolute atomic E-state index is 12.7. The van der Waals surface area contributed by atoms with Gasteiger partial charge in [-0.2, -0.15) is 0 Å². The molecule has 4 nitrogen and oxygen atoms in total. The fourth-order valence-corrected chi connectivity index (χ4v) is 2.89. The minimum atomic E-state index is -0.103. The molecule has 0 spiro atoms. The topological polar surface area (TPSA) is 53.5 Å². The van der Waals surface area contributed by atoms with E-state index in [1.165, 1.54) is 0 Å². The van der Waals surface area contributed by atoms with Crippen LogP contribution in [-0.2, 0) is 4.79 Å². The van der Waals surface area contributed by atoms with E-state index in [4.69, 9.17) is 4.99 Å². The lowest BCUT2D eigenvalue weighted by atomic mass is 10.0. The average Bonchev–Trinajstić information content (AvgIpc) is 2.75. The summed E-state index contributed by atoms with van der Waals surface area (Å²) in [7, 11) is 0. The van der Waals surface area contributed by atoms with E-state index in [-0.39, 0.29) is 5.78 Å². The third kappa shape index (κ3) is 4.07. The number of anilines is 2.